The van der Waals surface area contributed by atoms with Crippen LogP contribution < -0.4 is 5.32 Å². The van der Waals surface area contributed by atoms with Crippen LogP contribution in [0.1, 0.15) is 12.0 Å². The molecule has 1 unspecified atom stereocenters. The van der Waals surface area contributed by atoms with Gasteiger partial charge in [-0.05, 0) is 42.2 Å². The van der Waals surface area contributed by atoms with E-state index in [9.17, 15) is 0 Å². The average Bonchev–Trinajstić information content (AvgIpc) is 3.47. The number of rotatable bonds is 6. The Morgan fingerprint density at radius 2 is 1.97 bits per heavy atom. The van der Waals surface area contributed by atoms with Gasteiger partial charge < -0.3 is 10.2 Å². The smallest absolute Gasteiger partial charge is 0.193 e. The molecule has 1 atom stereocenters. The van der Waals surface area contributed by atoms with Crippen molar-refractivity contribution in [3.63, 3.8) is 0 Å². The van der Waals surface area contributed by atoms with Crippen molar-refractivity contribution in [2.75, 3.05) is 25.9 Å². The van der Waals surface area contributed by atoms with Gasteiger partial charge in [-0.25, -0.2) is 9.67 Å². The first-order chi connectivity index (χ1) is 14.3. The first-order valence-electron chi connectivity index (χ1n) is 9.89. The molecule has 0 aliphatic carbocycles. The van der Waals surface area contributed by atoms with Gasteiger partial charge in [-0.15, -0.1) is 35.7 Å². The summed E-state index contributed by atoms with van der Waals surface area (Å²) in [6.45, 7) is 2.87. The number of nitrogens with zero attached hydrogens (tertiary/aromatic N) is 5. The predicted octanol–water partition coefficient (Wildman–Crippen LogP) is 4.07. The van der Waals surface area contributed by atoms with Gasteiger partial charge in [-0.3, -0.25) is 4.99 Å². The number of halogens is 1. The summed E-state index contributed by atoms with van der Waals surface area (Å²) in [6, 6.07) is 19.0. The number of nitrogens with one attached hydrogen (secondary N) is 1. The molecular formula is C22H27IN6S. The van der Waals surface area contributed by atoms with E-state index < -0.39 is 0 Å². The van der Waals surface area contributed by atoms with Gasteiger partial charge in [-0.1, -0.05) is 30.3 Å². The van der Waals surface area contributed by atoms with Crippen LogP contribution in [0.2, 0.25) is 0 Å². The molecule has 1 aliphatic heterocycles. The minimum absolute atomic E-state index is 0. The van der Waals surface area contributed by atoms with Crippen molar-refractivity contribution >= 4 is 41.7 Å². The highest BCUT2D eigenvalue weighted by atomic mass is 127. The summed E-state index contributed by atoms with van der Waals surface area (Å²) in [6.07, 6.45) is 4.46. The Bertz CT molecular complexity index is 915. The molecule has 1 N–H and O–H groups in total. The zero-order valence-electron chi connectivity index (χ0n) is 17.0. The standard InChI is InChI=1S/C22H26N6S.HI/c1-23-22(25-13-18-7-9-20(10-8-18)28-17-24-16-26-28)27-12-11-19(14-27)15-29-21-5-3-2-4-6-21;/h2-10,16-17,19H,11-15H2,1H3,(H,23,25);1H. The quantitative estimate of drug-likeness (QED) is 0.224. The highest BCUT2D eigenvalue weighted by Gasteiger charge is 2.24. The van der Waals surface area contributed by atoms with E-state index >= 15 is 0 Å². The van der Waals surface area contributed by atoms with Crippen LogP contribution in [0.3, 0.4) is 0 Å². The van der Waals surface area contributed by atoms with Crippen LogP contribution in [0.5, 0.6) is 0 Å². The number of aromatic nitrogens is 3. The Kier molecular flexibility index (Phi) is 8.56. The summed E-state index contributed by atoms with van der Waals surface area (Å²) < 4.78 is 1.76. The van der Waals surface area contributed by atoms with E-state index in [4.69, 9.17) is 0 Å². The van der Waals surface area contributed by atoms with Crippen molar-refractivity contribution in [2.24, 2.45) is 10.9 Å². The van der Waals surface area contributed by atoms with Crippen LogP contribution in [0.15, 0.2) is 77.1 Å². The van der Waals surface area contributed by atoms with E-state index in [1.807, 2.05) is 18.8 Å². The molecule has 2 heterocycles. The SMILES string of the molecule is CN=C(NCc1ccc(-n2cncn2)cc1)N1CCC(CSc2ccccc2)C1.I. The highest BCUT2D eigenvalue weighted by molar-refractivity contribution is 14.0. The Hall–Kier alpha value is -2.07. The molecule has 30 heavy (non-hydrogen) atoms. The summed E-state index contributed by atoms with van der Waals surface area (Å²) in [5.74, 6) is 2.83. The Labute approximate surface area is 199 Å². The fraction of sp³-hybridized carbons (Fsp3) is 0.318. The minimum Gasteiger partial charge on any atom is -0.352 e. The third-order valence-corrected chi connectivity index (χ3v) is 6.34. The molecule has 0 radical (unpaired) electrons. The van der Waals surface area contributed by atoms with E-state index in [1.165, 1.54) is 16.9 Å². The van der Waals surface area contributed by atoms with Gasteiger partial charge in [0.25, 0.3) is 0 Å². The molecule has 1 saturated heterocycles. The Balaban J connectivity index is 0.00000256. The second-order valence-corrected chi connectivity index (χ2v) is 8.23. The monoisotopic (exact) mass is 534 g/mol. The van der Waals surface area contributed by atoms with Gasteiger partial charge in [0.15, 0.2) is 5.96 Å². The van der Waals surface area contributed by atoms with Crippen LogP contribution in [-0.2, 0) is 6.54 Å². The number of guanidine groups is 1. The molecule has 0 amide bonds. The first-order valence-corrected chi connectivity index (χ1v) is 10.9. The van der Waals surface area contributed by atoms with E-state index in [-0.39, 0.29) is 24.0 Å². The van der Waals surface area contributed by atoms with Crippen LogP contribution in [0, 0.1) is 5.92 Å². The summed E-state index contributed by atoms with van der Waals surface area (Å²) in [5, 5.41) is 7.67. The molecule has 3 aromatic rings. The number of thioether (sulfide) groups is 1. The number of hydrogen-bond acceptors (Lipinski definition) is 4. The second kappa shape index (κ2) is 11.4. The van der Waals surface area contributed by atoms with Crippen molar-refractivity contribution in [3.05, 3.63) is 72.8 Å². The molecule has 1 fully saturated rings. The van der Waals surface area contributed by atoms with Crippen molar-refractivity contribution < 1.29 is 0 Å². The molecule has 4 rings (SSSR count). The summed E-state index contributed by atoms with van der Waals surface area (Å²) in [4.78, 5) is 12.2. The first kappa shape index (κ1) is 22.6. The third-order valence-electron chi connectivity index (χ3n) is 5.10. The van der Waals surface area contributed by atoms with E-state index in [2.05, 4.69) is 79.9 Å². The fourth-order valence-corrected chi connectivity index (χ4v) is 4.56. The molecule has 0 bridgehead atoms. The van der Waals surface area contributed by atoms with Crippen molar-refractivity contribution in [3.8, 4) is 5.69 Å². The van der Waals surface area contributed by atoms with Gasteiger partial charge in [-0.2, -0.15) is 5.10 Å². The minimum atomic E-state index is 0. The lowest BCUT2D eigenvalue weighted by molar-refractivity contribution is 0.474. The zero-order valence-corrected chi connectivity index (χ0v) is 20.2. The molecule has 6 nitrogen and oxygen atoms in total. The van der Waals surface area contributed by atoms with Crippen LogP contribution >= 0.6 is 35.7 Å². The molecule has 2 aromatic carbocycles. The molecule has 158 valence electrons. The van der Waals surface area contributed by atoms with Crippen molar-refractivity contribution in [1.29, 1.82) is 0 Å². The van der Waals surface area contributed by atoms with Gasteiger partial charge >= 0.3 is 0 Å². The lowest BCUT2D eigenvalue weighted by atomic mass is 10.2. The zero-order chi connectivity index (χ0) is 19.9. The van der Waals surface area contributed by atoms with Gasteiger partial charge in [0.1, 0.15) is 12.7 Å². The number of benzene rings is 2. The number of likely N-dealkylation sites (tertiary alicyclic amines) is 1. The van der Waals surface area contributed by atoms with Gasteiger partial charge in [0.2, 0.25) is 0 Å². The van der Waals surface area contributed by atoms with E-state index in [0.717, 1.165) is 37.0 Å². The van der Waals surface area contributed by atoms with E-state index in [0.29, 0.717) is 5.92 Å². The van der Waals surface area contributed by atoms with Gasteiger partial charge in [0.05, 0.1) is 5.69 Å². The number of aliphatic imine (C=N–C) groups is 1. The van der Waals surface area contributed by atoms with Crippen LogP contribution in [0.25, 0.3) is 5.69 Å². The summed E-state index contributed by atoms with van der Waals surface area (Å²) in [5.41, 5.74) is 2.22. The normalized spacial score (nSPS) is 16.4. The molecule has 8 heteroatoms. The Morgan fingerprint density at radius 3 is 2.67 bits per heavy atom. The van der Waals surface area contributed by atoms with Crippen molar-refractivity contribution in [2.45, 2.75) is 17.9 Å². The molecular weight excluding hydrogens is 507 g/mol. The van der Waals surface area contributed by atoms with Crippen LogP contribution in [-0.4, -0.2) is 51.5 Å². The van der Waals surface area contributed by atoms with Crippen molar-refractivity contribution in [1.82, 2.24) is 25.0 Å². The van der Waals surface area contributed by atoms with E-state index in [1.54, 1.807) is 17.3 Å². The largest absolute Gasteiger partial charge is 0.352 e. The number of hydrogen-bond donors (Lipinski definition) is 1. The summed E-state index contributed by atoms with van der Waals surface area (Å²) >= 11 is 1.95. The topological polar surface area (TPSA) is 58.3 Å². The maximum Gasteiger partial charge on any atom is 0.193 e. The Morgan fingerprint density at radius 1 is 1.17 bits per heavy atom. The lowest BCUT2D eigenvalue weighted by Crippen LogP contribution is -2.39. The third kappa shape index (κ3) is 5.98. The fourth-order valence-electron chi connectivity index (χ4n) is 3.51. The maximum atomic E-state index is 4.50. The molecule has 1 aliphatic rings. The van der Waals surface area contributed by atoms with Crippen LogP contribution in [0.4, 0.5) is 0 Å². The average molecular weight is 534 g/mol. The maximum absolute atomic E-state index is 4.50. The highest BCUT2D eigenvalue weighted by Crippen LogP contribution is 2.25. The molecule has 0 spiro atoms. The lowest BCUT2D eigenvalue weighted by Gasteiger charge is -2.22. The predicted molar refractivity (Wildman–Crippen MR) is 134 cm³/mol. The second-order valence-electron chi connectivity index (χ2n) is 7.13. The summed E-state index contributed by atoms with van der Waals surface area (Å²) in [7, 11) is 1.86. The van der Waals surface area contributed by atoms with Gasteiger partial charge in [0, 0.05) is 37.3 Å². The molecule has 0 saturated carbocycles. The molecule has 1 aromatic heterocycles.